The molecule has 0 aliphatic carbocycles. The fraction of sp³-hybridized carbons (Fsp3) is 0.316. The Bertz CT molecular complexity index is 748. The Morgan fingerprint density at radius 2 is 1.92 bits per heavy atom. The van der Waals surface area contributed by atoms with Gasteiger partial charge in [0.05, 0.1) is 13.2 Å². The minimum atomic E-state index is -0.689. The van der Waals surface area contributed by atoms with E-state index in [1.54, 1.807) is 25.3 Å². The van der Waals surface area contributed by atoms with Crippen LogP contribution in [-0.2, 0) is 6.54 Å². The molecule has 3 rings (SSSR count). The second-order valence-corrected chi connectivity index (χ2v) is 5.87. The van der Waals surface area contributed by atoms with Crippen LogP contribution in [0.2, 0.25) is 0 Å². The molecular formula is C19H22N2O5. The zero-order chi connectivity index (χ0) is 18.4. The maximum Gasteiger partial charge on any atom is 0.315 e. The minimum Gasteiger partial charge on any atom is -0.497 e. The molecule has 2 aromatic rings. The fourth-order valence-electron chi connectivity index (χ4n) is 2.60. The summed E-state index contributed by atoms with van der Waals surface area (Å²) in [7, 11) is 1.61. The summed E-state index contributed by atoms with van der Waals surface area (Å²) in [6.45, 7) is 0.968. The number of rotatable bonds is 7. The van der Waals surface area contributed by atoms with Crippen molar-refractivity contribution in [3.63, 3.8) is 0 Å². The number of hydrogen-bond donors (Lipinski definition) is 3. The van der Waals surface area contributed by atoms with Crippen molar-refractivity contribution in [2.45, 2.75) is 19.1 Å². The predicted molar refractivity (Wildman–Crippen MR) is 95.4 cm³/mol. The van der Waals surface area contributed by atoms with E-state index in [0.717, 1.165) is 16.9 Å². The van der Waals surface area contributed by atoms with Gasteiger partial charge < -0.3 is 30.0 Å². The number of amides is 2. The molecule has 7 nitrogen and oxygen atoms in total. The van der Waals surface area contributed by atoms with E-state index in [0.29, 0.717) is 31.0 Å². The first-order chi connectivity index (χ1) is 12.7. The van der Waals surface area contributed by atoms with E-state index in [1.165, 1.54) is 0 Å². The van der Waals surface area contributed by atoms with Crippen molar-refractivity contribution in [1.29, 1.82) is 0 Å². The van der Waals surface area contributed by atoms with Crippen LogP contribution in [0.15, 0.2) is 42.5 Å². The van der Waals surface area contributed by atoms with Crippen molar-refractivity contribution in [3.8, 4) is 17.2 Å². The molecule has 0 aromatic heterocycles. The molecule has 1 aliphatic rings. The second-order valence-electron chi connectivity index (χ2n) is 5.87. The number of benzene rings is 2. The van der Waals surface area contributed by atoms with Crippen LogP contribution in [0.3, 0.4) is 0 Å². The molecule has 2 amide bonds. The van der Waals surface area contributed by atoms with E-state index in [2.05, 4.69) is 10.6 Å². The van der Waals surface area contributed by atoms with Crippen LogP contribution in [0.25, 0.3) is 0 Å². The molecule has 0 bridgehead atoms. The number of nitrogens with one attached hydrogen (secondary N) is 2. The lowest BCUT2D eigenvalue weighted by Gasteiger charge is -2.13. The van der Waals surface area contributed by atoms with Crippen LogP contribution in [0.4, 0.5) is 4.79 Å². The molecule has 2 aromatic carbocycles. The van der Waals surface area contributed by atoms with Gasteiger partial charge in [0.25, 0.3) is 0 Å². The summed E-state index contributed by atoms with van der Waals surface area (Å²) in [5.74, 6) is 2.08. The highest BCUT2D eigenvalue weighted by Gasteiger charge is 2.16. The van der Waals surface area contributed by atoms with Crippen molar-refractivity contribution in [2.24, 2.45) is 0 Å². The molecule has 138 valence electrons. The zero-order valence-corrected chi connectivity index (χ0v) is 14.5. The van der Waals surface area contributed by atoms with Crippen molar-refractivity contribution in [3.05, 3.63) is 53.6 Å². The largest absolute Gasteiger partial charge is 0.497 e. The maximum atomic E-state index is 11.8. The van der Waals surface area contributed by atoms with Gasteiger partial charge in [-0.25, -0.2) is 4.79 Å². The van der Waals surface area contributed by atoms with E-state index in [9.17, 15) is 9.90 Å². The van der Waals surface area contributed by atoms with E-state index in [1.807, 2.05) is 24.3 Å². The van der Waals surface area contributed by atoms with Gasteiger partial charge in [0.2, 0.25) is 6.79 Å². The quantitative estimate of drug-likeness (QED) is 0.707. The van der Waals surface area contributed by atoms with E-state index >= 15 is 0 Å². The predicted octanol–water partition coefficient (Wildman–Crippen LogP) is 2.35. The minimum absolute atomic E-state index is 0.199. The monoisotopic (exact) mass is 358 g/mol. The van der Waals surface area contributed by atoms with Crippen LogP contribution >= 0.6 is 0 Å². The molecule has 0 saturated heterocycles. The van der Waals surface area contributed by atoms with Crippen LogP contribution in [0.1, 0.15) is 23.7 Å². The van der Waals surface area contributed by atoms with Crippen LogP contribution in [0.5, 0.6) is 17.2 Å². The third-order valence-electron chi connectivity index (χ3n) is 4.10. The third kappa shape index (κ3) is 4.58. The van der Waals surface area contributed by atoms with Gasteiger partial charge in [0.15, 0.2) is 11.5 Å². The molecule has 0 fully saturated rings. The van der Waals surface area contributed by atoms with Crippen molar-refractivity contribution < 1.29 is 24.1 Å². The number of methoxy groups -OCH3 is 1. The lowest BCUT2D eigenvalue weighted by molar-refractivity contribution is 0.165. The number of urea groups is 1. The van der Waals surface area contributed by atoms with Gasteiger partial charge in [0.1, 0.15) is 5.75 Å². The van der Waals surface area contributed by atoms with Crippen LogP contribution in [0, 0.1) is 0 Å². The highest BCUT2D eigenvalue weighted by molar-refractivity contribution is 5.73. The summed E-state index contributed by atoms with van der Waals surface area (Å²) in [4.78, 5) is 11.8. The number of ether oxygens (including phenoxy) is 3. The molecule has 1 atom stereocenters. The highest BCUT2D eigenvalue weighted by Crippen LogP contribution is 2.34. The molecule has 0 radical (unpaired) electrons. The maximum absolute atomic E-state index is 11.8. The first kappa shape index (κ1) is 17.9. The van der Waals surface area contributed by atoms with Crippen molar-refractivity contribution >= 4 is 6.03 Å². The Morgan fingerprint density at radius 3 is 2.69 bits per heavy atom. The van der Waals surface area contributed by atoms with Crippen LogP contribution < -0.4 is 24.8 Å². The lowest BCUT2D eigenvalue weighted by atomic mass is 10.1. The first-order valence-corrected chi connectivity index (χ1v) is 8.38. The summed E-state index contributed by atoms with van der Waals surface area (Å²) in [6.07, 6.45) is -0.290. The highest BCUT2D eigenvalue weighted by atomic mass is 16.7. The smallest absolute Gasteiger partial charge is 0.315 e. The molecule has 1 aliphatic heterocycles. The summed E-state index contributed by atoms with van der Waals surface area (Å²) >= 11 is 0. The van der Waals surface area contributed by atoms with Crippen molar-refractivity contribution in [2.75, 3.05) is 20.4 Å². The lowest BCUT2D eigenvalue weighted by Crippen LogP contribution is -2.36. The number of carbonyl (C=O) groups is 1. The Balaban J connectivity index is 1.39. The Kier molecular flexibility index (Phi) is 5.80. The number of aliphatic hydroxyl groups excluding tert-OH is 1. The average Bonchev–Trinajstić information content (AvgIpc) is 3.14. The first-order valence-electron chi connectivity index (χ1n) is 8.38. The van der Waals surface area contributed by atoms with E-state index in [4.69, 9.17) is 14.2 Å². The number of hydrogen-bond acceptors (Lipinski definition) is 5. The standard InChI is InChI=1S/C19H22N2O5/c1-24-15-5-2-13(3-6-15)11-21-19(23)20-9-8-16(22)14-4-7-17-18(10-14)26-12-25-17/h2-7,10,16,22H,8-9,11-12H2,1H3,(H2,20,21,23). The summed E-state index contributed by atoms with van der Waals surface area (Å²) in [6, 6.07) is 12.5. The topological polar surface area (TPSA) is 89.1 Å². The van der Waals surface area contributed by atoms with Crippen LogP contribution in [-0.4, -0.2) is 31.6 Å². The van der Waals surface area contributed by atoms with Gasteiger partial charge in [-0.15, -0.1) is 0 Å². The Hall–Kier alpha value is -2.93. The molecule has 7 heteroatoms. The second kappa shape index (κ2) is 8.44. The van der Waals surface area contributed by atoms with Gasteiger partial charge in [-0.1, -0.05) is 18.2 Å². The van der Waals surface area contributed by atoms with Gasteiger partial charge in [-0.2, -0.15) is 0 Å². The van der Waals surface area contributed by atoms with Gasteiger partial charge >= 0.3 is 6.03 Å². The summed E-state index contributed by atoms with van der Waals surface area (Å²) < 4.78 is 15.6. The summed E-state index contributed by atoms with van der Waals surface area (Å²) in [5, 5.41) is 15.8. The zero-order valence-electron chi connectivity index (χ0n) is 14.5. The molecular weight excluding hydrogens is 336 g/mol. The Labute approximate surface area is 151 Å². The van der Waals surface area contributed by atoms with Gasteiger partial charge in [-0.3, -0.25) is 0 Å². The number of fused-ring (bicyclic) bond motifs is 1. The fourth-order valence-corrected chi connectivity index (χ4v) is 2.60. The molecule has 0 spiro atoms. The number of aliphatic hydroxyl groups is 1. The Morgan fingerprint density at radius 1 is 1.15 bits per heavy atom. The normalized spacial score (nSPS) is 13.2. The van der Waals surface area contributed by atoms with Crippen molar-refractivity contribution in [1.82, 2.24) is 10.6 Å². The van der Waals surface area contributed by atoms with Gasteiger partial charge in [0, 0.05) is 13.1 Å². The molecule has 1 unspecified atom stereocenters. The molecule has 0 saturated carbocycles. The average molecular weight is 358 g/mol. The SMILES string of the molecule is COc1ccc(CNC(=O)NCCC(O)c2ccc3c(c2)OCO3)cc1. The van der Waals surface area contributed by atoms with Gasteiger partial charge in [-0.05, 0) is 41.8 Å². The molecule has 26 heavy (non-hydrogen) atoms. The van der Waals surface area contributed by atoms with E-state index in [-0.39, 0.29) is 12.8 Å². The molecule has 1 heterocycles. The third-order valence-corrected chi connectivity index (χ3v) is 4.10. The van der Waals surface area contributed by atoms with E-state index < -0.39 is 6.10 Å². The number of carbonyl (C=O) groups excluding carboxylic acids is 1. The molecule has 3 N–H and O–H groups in total. The summed E-state index contributed by atoms with van der Waals surface area (Å²) in [5.41, 5.74) is 1.70.